The Kier molecular flexibility index (Phi) is 26.9. The summed E-state index contributed by atoms with van der Waals surface area (Å²) in [6, 6.07) is 15.8. The van der Waals surface area contributed by atoms with Crippen LogP contribution in [-0.2, 0) is 32.0 Å². The molecule has 2 amide bonds. The van der Waals surface area contributed by atoms with Gasteiger partial charge < -0.3 is 35.8 Å². The molecule has 371 valence electrons. The van der Waals surface area contributed by atoms with Gasteiger partial charge in [0.2, 0.25) is 11.8 Å². The molecule has 0 bridgehead atoms. The predicted octanol–water partition coefficient (Wildman–Crippen LogP) is 7.46. The van der Waals surface area contributed by atoms with Crippen LogP contribution in [0.2, 0.25) is 0 Å². The van der Waals surface area contributed by atoms with E-state index < -0.39 is 54.0 Å². The van der Waals surface area contributed by atoms with Crippen molar-refractivity contribution in [1.82, 2.24) is 20.4 Å². The van der Waals surface area contributed by atoms with E-state index in [-0.39, 0.29) is 65.1 Å². The van der Waals surface area contributed by atoms with Crippen molar-refractivity contribution < 1.29 is 34.5 Å². The van der Waals surface area contributed by atoms with E-state index in [0.29, 0.717) is 51.4 Å². The van der Waals surface area contributed by atoms with Gasteiger partial charge in [-0.25, -0.2) is 0 Å². The molecule has 11 atom stereocenters. The standard InChI is InChI=1S/C54H87N4O7S/c1-35(2)29-45(55-9)53(64)57(11)47(31-38(5)24-27-40(7)66)51(62)41(8)50(49(61)34-43-21-17-14-18-22-43)52(63)48(32-37(4)23-26-39(6)59)58(12)54(65)46(56-10)30-36(3)25-28-44(60)33-42-19-15-13-16-20-42/h13-22,35-40,44-49,55-56,59-61,66H,8,23-34H2,1-7,9-12H3/t36?,37?,38?,39?,40?,44?,45-,46-,47-,48-,49?/m0/s1. The van der Waals surface area contributed by atoms with Gasteiger partial charge in [-0.1, -0.05) is 109 Å². The van der Waals surface area contributed by atoms with Gasteiger partial charge in [-0.3, -0.25) is 19.2 Å². The third kappa shape index (κ3) is 20.1. The Hall–Kier alpha value is -3.39. The van der Waals surface area contributed by atoms with Gasteiger partial charge in [0.05, 0.1) is 42.5 Å². The molecular weight excluding hydrogens is 849 g/mol. The first-order valence-corrected chi connectivity index (χ1v) is 24.9. The Morgan fingerprint density at radius 3 is 1.47 bits per heavy atom. The molecule has 12 heteroatoms. The SMILES string of the molecule is C=C([C](C(=O)[C@H](CC(C)CCC(C)O)N(C)C(=O)[C@H](CC(C)CCC(O)Cc1ccccc1)NC)C(O)Cc1ccccc1)C(=O)[C@H](CC(C)CCC(C)S)N(C)C(=O)[C@H](CC(C)C)NC. The Balaban J connectivity index is 2.63. The number of carbonyl (C=O) groups is 4. The number of likely N-dealkylation sites (N-methyl/N-ethyl adjacent to an activating group) is 4. The molecule has 11 nitrogen and oxygen atoms in total. The molecule has 0 fully saturated rings. The molecule has 0 aliphatic rings. The number of amides is 2. The number of hydrogen-bond acceptors (Lipinski definition) is 10. The van der Waals surface area contributed by atoms with E-state index in [0.717, 1.165) is 24.0 Å². The molecule has 2 rings (SSSR count). The van der Waals surface area contributed by atoms with Crippen molar-refractivity contribution in [3.8, 4) is 0 Å². The summed E-state index contributed by atoms with van der Waals surface area (Å²) in [4.78, 5) is 62.4. The lowest BCUT2D eigenvalue weighted by Crippen LogP contribution is -2.54. The number of benzene rings is 2. The maximum atomic E-state index is 15.5. The molecular formula is C54H87N4O7S. The average Bonchev–Trinajstić information content (AvgIpc) is 3.28. The van der Waals surface area contributed by atoms with E-state index in [1.807, 2.05) is 95.3 Å². The summed E-state index contributed by atoms with van der Waals surface area (Å²) >= 11 is 4.58. The summed E-state index contributed by atoms with van der Waals surface area (Å²) in [7, 11) is 6.67. The summed E-state index contributed by atoms with van der Waals surface area (Å²) in [5, 5.41) is 39.7. The second-order valence-electron chi connectivity index (χ2n) is 19.9. The first-order chi connectivity index (χ1) is 31.1. The molecule has 0 aromatic heterocycles. The third-order valence-corrected chi connectivity index (χ3v) is 13.3. The fourth-order valence-electron chi connectivity index (χ4n) is 8.84. The van der Waals surface area contributed by atoms with Crippen LogP contribution in [0.1, 0.15) is 124 Å². The van der Waals surface area contributed by atoms with Crippen molar-refractivity contribution in [2.75, 3.05) is 28.2 Å². The minimum Gasteiger partial charge on any atom is -0.393 e. The zero-order chi connectivity index (χ0) is 49.7. The number of nitrogens with zero attached hydrogens (tertiary/aromatic N) is 2. The highest BCUT2D eigenvalue weighted by Crippen LogP contribution is 2.32. The molecule has 0 aliphatic carbocycles. The Labute approximate surface area is 404 Å². The highest BCUT2D eigenvalue weighted by molar-refractivity contribution is 7.80. The van der Waals surface area contributed by atoms with Gasteiger partial charge in [0.1, 0.15) is 5.92 Å². The van der Waals surface area contributed by atoms with Gasteiger partial charge in [0, 0.05) is 19.7 Å². The third-order valence-electron chi connectivity index (χ3n) is 13.1. The van der Waals surface area contributed by atoms with Gasteiger partial charge >= 0.3 is 0 Å². The van der Waals surface area contributed by atoms with Crippen LogP contribution in [0.5, 0.6) is 0 Å². The van der Waals surface area contributed by atoms with Crippen LogP contribution in [0.25, 0.3) is 0 Å². The van der Waals surface area contributed by atoms with Crippen LogP contribution in [0.15, 0.2) is 72.8 Å². The minimum absolute atomic E-state index is 0.00222. The summed E-state index contributed by atoms with van der Waals surface area (Å²) in [6.07, 6.45) is 3.38. The number of thiol groups is 1. The number of aliphatic hydroxyl groups excluding tert-OH is 3. The van der Waals surface area contributed by atoms with Crippen molar-refractivity contribution in [2.45, 2.75) is 173 Å². The van der Waals surface area contributed by atoms with Gasteiger partial charge in [0.15, 0.2) is 11.6 Å². The van der Waals surface area contributed by atoms with Gasteiger partial charge in [-0.2, -0.15) is 12.6 Å². The number of aliphatic hydroxyl groups is 3. The number of hydrogen-bond donors (Lipinski definition) is 6. The van der Waals surface area contributed by atoms with Crippen LogP contribution in [-0.4, -0.2) is 124 Å². The number of Topliss-reactive ketones (excluding diaryl/α,β-unsaturated/α-hetero) is 2. The van der Waals surface area contributed by atoms with Crippen LogP contribution < -0.4 is 10.6 Å². The lowest BCUT2D eigenvalue weighted by Gasteiger charge is -2.37. The van der Waals surface area contributed by atoms with Crippen LogP contribution in [0.3, 0.4) is 0 Å². The number of rotatable bonds is 33. The predicted molar refractivity (Wildman–Crippen MR) is 272 cm³/mol. The van der Waals surface area contributed by atoms with E-state index in [1.165, 1.54) is 9.80 Å². The minimum atomic E-state index is -1.47. The summed E-state index contributed by atoms with van der Waals surface area (Å²) in [5.41, 5.74) is 1.62. The lowest BCUT2D eigenvalue weighted by atomic mass is 9.77. The molecule has 0 spiro atoms. The molecule has 2 aromatic rings. The van der Waals surface area contributed by atoms with Crippen LogP contribution >= 0.6 is 12.6 Å². The highest BCUT2D eigenvalue weighted by atomic mass is 32.1. The average molecular weight is 936 g/mol. The monoisotopic (exact) mass is 936 g/mol. The second-order valence-corrected chi connectivity index (χ2v) is 20.7. The van der Waals surface area contributed by atoms with Crippen molar-refractivity contribution >= 4 is 36.0 Å². The quantitative estimate of drug-likeness (QED) is 0.0316. The Morgan fingerprint density at radius 1 is 0.591 bits per heavy atom. The van der Waals surface area contributed by atoms with Gasteiger partial charge in [-0.15, -0.1) is 0 Å². The normalized spacial score (nSPS) is 16.9. The Bertz CT molecular complexity index is 1740. The number of ketones is 2. The fourth-order valence-corrected chi connectivity index (χ4v) is 8.99. The van der Waals surface area contributed by atoms with E-state index in [1.54, 1.807) is 35.1 Å². The van der Waals surface area contributed by atoms with Crippen LogP contribution in [0, 0.1) is 29.6 Å². The molecule has 7 unspecified atom stereocenters. The van der Waals surface area contributed by atoms with Gasteiger partial charge in [-0.05, 0) is 138 Å². The number of carbonyl (C=O) groups excluding carboxylic acids is 4. The van der Waals surface area contributed by atoms with E-state index in [2.05, 4.69) is 36.8 Å². The lowest BCUT2D eigenvalue weighted by molar-refractivity contribution is -0.141. The molecule has 0 aliphatic heterocycles. The molecule has 0 saturated carbocycles. The van der Waals surface area contributed by atoms with Crippen molar-refractivity contribution in [3.05, 3.63) is 89.9 Å². The van der Waals surface area contributed by atoms with Gasteiger partial charge in [0.25, 0.3) is 0 Å². The second kappa shape index (κ2) is 30.2. The fraction of sp³-hybridized carbons (Fsp3) is 0.648. The molecule has 0 heterocycles. The molecule has 0 saturated heterocycles. The molecule has 66 heavy (non-hydrogen) atoms. The van der Waals surface area contributed by atoms with E-state index in [4.69, 9.17) is 0 Å². The topological polar surface area (TPSA) is 160 Å². The highest BCUT2D eigenvalue weighted by Gasteiger charge is 2.44. The van der Waals surface area contributed by atoms with Crippen molar-refractivity contribution in [3.63, 3.8) is 0 Å². The molecule has 5 N–H and O–H groups in total. The van der Waals surface area contributed by atoms with E-state index >= 15 is 9.59 Å². The maximum Gasteiger partial charge on any atom is 0.240 e. The zero-order valence-electron chi connectivity index (χ0n) is 42.2. The summed E-state index contributed by atoms with van der Waals surface area (Å²) in [6.45, 7) is 18.1. The summed E-state index contributed by atoms with van der Waals surface area (Å²) in [5.74, 6) is -1.73. The van der Waals surface area contributed by atoms with Crippen molar-refractivity contribution in [2.24, 2.45) is 23.7 Å². The zero-order valence-corrected chi connectivity index (χ0v) is 43.1. The number of nitrogens with one attached hydrogen (secondary N) is 2. The molecule has 2 aromatic carbocycles. The van der Waals surface area contributed by atoms with Crippen molar-refractivity contribution in [1.29, 1.82) is 0 Å². The largest absolute Gasteiger partial charge is 0.393 e. The van der Waals surface area contributed by atoms with E-state index in [9.17, 15) is 24.9 Å². The van der Waals surface area contributed by atoms with Crippen LogP contribution in [0.4, 0.5) is 0 Å². The first-order valence-electron chi connectivity index (χ1n) is 24.4. The first kappa shape index (κ1) is 58.7. The smallest absolute Gasteiger partial charge is 0.240 e. The summed E-state index contributed by atoms with van der Waals surface area (Å²) < 4.78 is 0. The maximum absolute atomic E-state index is 15.5. The Morgan fingerprint density at radius 2 is 1.02 bits per heavy atom. The molecule has 1 radical (unpaired) electrons.